The first-order valence-corrected chi connectivity index (χ1v) is 7.50. The first kappa shape index (κ1) is 15.3. The quantitative estimate of drug-likeness (QED) is 0.774. The molecule has 1 aromatic rings. The number of nitrogens with zero attached hydrogens (tertiary/aromatic N) is 3. The molecule has 2 rings (SSSR count). The molecule has 0 spiro atoms. The minimum Gasteiger partial charge on any atom is -0.388 e. The average Bonchev–Trinajstić information content (AvgIpc) is 2.40. The van der Waals surface area contributed by atoms with Crippen LogP contribution in [0.4, 0.5) is 11.9 Å². The Labute approximate surface area is 124 Å². The van der Waals surface area contributed by atoms with Crippen LogP contribution in [-0.2, 0) is 0 Å². The Balaban J connectivity index is 1.96. The summed E-state index contributed by atoms with van der Waals surface area (Å²) in [5.74, 6) is 1.54. The van der Waals surface area contributed by atoms with Crippen molar-refractivity contribution in [3.8, 4) is 0 Å². The lowest BCUT2D eigenvalue weighted by molar-refractivity contribution is 0.00487. The van der Waals surface area contributed by atoms with Crippen LogP contribution in [0.1, 0.15) is 39.5 Å². The molecule has 0 bridgehead atoms. The first-order chi connectivity index (χ1) is 9.50. The fourth-order valence-corrected chi connectivity index (χ4v) is 2.55. The van der Waals surface area contributed by atoms with Crippen molar-refractivity contribution in [3.05, 3.63) is 5.28 Å². The van der Waals surface area contributed by atoms with E-state index >= 15 is 0 Å². The highest BCUT2D eigenvalue weighted by molar-refractivity contribution is 6.28. The Bertz CT molecular complexity index is 448. The van der Waals surface area contributed by atoms with Crippen molar-refractivity contribution in [1.82, 2.24) is 15.0 Å². The van der Waals surface area contributed by atoms with Crippen LogP contribution in [-0.4, -0.2) is 38.7 Å². The average molecular weight is 300 g/mol. The molecule has 20 heavy (non-hydrogen) atoms. The van der Waals surface area contributed by atoms with E-state index in [-0.39, 0.29) is 5.28 Å². The van der Waals surface area contributed by atoms with Gasteiger partial charge < -0.3 is 15.7 Å². The molecule has 7 heteroatoms. The predicted octanol–water partition coefficient (Wildman–Crippen LogP) is 2.31. The van der Waals surface area contributed by atoms with Gasteiger partial charge in [0.1, 0.15) is 0 Å². The zero-order valence-corrected chi connectivity index (χ0v) is 12.7. The molecular weight excluding hydrogens is 278 g/mol. The van der Waals surface area contributed by atoms with Crippen molar-refractivity contribution in [1.29, 1.82) is 0 Å². The van der Waals surface area contributed by atoms with E-state index in [2.05, 4.69) is 32.5 Å². The second-order valence-corrected chi connectivity index (χ2v) is 5.88. The number of anilines is 2. The summed E-state index contributed by atoms with van der Waals surface area (Å²) in [4.78, 5) is 12.2. The highest BCUT2D eigenvalue weighted by atomic mass is 35.5. The lowest BCUT2D eigenvalue weighted by Gasteiger charge is -2.34. The summed E-state index contributed by atoms with van der Waals surface area (Å²) in [7, 11) is 0. The number of rotatable bonds is 5. The Hall–Kier alpha value is -1.14. The van der Waals surface area contributed by atoms with Gasteiger partial charge in [0.05, 0.1) is 5.60 Å². The molecular formula is C13H22ClN5O. The molecule has 0 radical (unpaired) electrons. The smallest absolute Gasteiger partial charge is 0.228 e. The molecule has 1 saturated carbocycles. The molecule has 0 aromatic carbocycles. The number of halogens is 1. The monoisotopic (exact) mass is 299 g/mol. The lowest BCUT2D eigenvalue weighted by atomic mass is 9.79. The van der Waals surface area contributed by atoms with Gasteiger partial charge in [-0.25, -0.2) is 0 Å². The highest BCUT2D eigenvalue weighted by Crippen LogP contribution is 2.31. The maximum atomic E-state index is 10.5. The summed E-state index contributed by atoms with van der Waals surface area (Å²) in [6.45, 7) is 5.32. The van der Waals surface area contributed by atoms with Crippen LogP contribution in [0.3, 0.4) is 0 Å². The minimum atomic E-state index is -0.677. The fourth-order valence-electron chi connectivity index (χ4n) is 2.39. The van der Waals surface area contributed by atoms with Crippen molar-refractivity contribution in [2.24, 2.45) is 5.92 Å². The van der Waals surface area contributed by atoms with E-state index in [1.807, 2.05) is 6.92 Å². The zero-order chi connectivity index (χ0) is 14.6. The third-order valence-corrected chi connectivity index (χ3v) is 3.89. The maximum absolute atomic E-state index is 10.5. The van der Waals surface area contributed by atoms with Crippen molar-refractivity contribution < 1.29 is 5.11 Å². The van der Waals surface area contributed by atoms with Gasteiger partial charge in [-0.15, -0.1) is 0 Å². The van der Waals surface area contributed by atoms with Gasteiger partial charge in [0.2, 0.25) is 17.2 Å². The van der Waals surface area contributed by atoms with Crippen LogP contribution < -0.4 is 10.6 Å². The number of hydrogen-bond donors (Lipinski definition) is 3. The Kier molecular flexibility index (Phi) is 4.99. The van der Waals surface area contributed by atoms with Crippen molar-refractivity contribution in [3.63, 3.8) is 0 Å². The number of hydrogen-bond acceptors (Lipinski definition) is 6. The molecule has 1 heterocycles. The molecule has 3 N–H and O–H groups in total. The van der Waals surface area contributed by atoms with E-state index in [1.165, 1.54) is 0 Å². The molecule has 112 valence electrons. The van der Waals surface area contributed by atoms with E-state index in [1.54, 1.807) is 0 Å². The second kappa shape index (κ2) is 6.54. The van der Waals surface area contributed by atoms with Crippen LogP contribution >= 0.6 is 11.6 Å². The van der Waals surface area contributed by atoms with Crippen molar-refractivity contribution in [2.75, 3.05) is 23.7 Å². The summed E-state index contributed by atoms with van der Waals surface area (Å²) in [5, 5.41) is 16.7. The van der Waals surface area contributed by atoms with Crippen molar-refractivity contribution in [2.45, 2.75) is 45.1 Å². The molecule has 1 aromatic heterocycles. The molecule has 0 atom stereocenters. The molecule has 1 fully saturated rings. The van der Waals surface area contributed by atoms with E-state index in [4.69, 9.17) is 11.6 Å². The molecule has 0 amide bonds. The van der Waals surface area contributed by atoms with Gasteiger partial charge in [0.15, 0.2) is 0 Å². The van der Waals surface area contributed by atoms with Gasteiger partial charge in [-0.3, -0.25) is 0 Å². The lowest BCUT2D eigenvalue weighted by Crippen LogP contribution is -2.40. The highest BCUT2D eigenvalue weighted by Gasteiger charge is 2.31. The molecule has 1 aliphatic rings. The van der Waals surface area contributed by atoms with E-state index in [0.717, 1.165) is 25.7 Å². The third kappa shape index (κ3) is 4.18. The zero-order valence-electron chi connectivity index (χ0n) is 12.0. The molecule has 0 aliphatic heterocycles. The van der Waals surface area contributed by atoms with Gasteiger partial charge >= 0.3 is 0 Å². The molecule has 0 unspecified atom stereocenters. The minimum absolute atomic E-state index is 0.141. The van der Waals surface area contributed by atoms with Gasteiger partial charge in [-0.1, -0.05) is 6.92 Å². The first-order valence-electron chi connectivity index (χ1n) is 7.12. The summed E-state index contributed by atoms with van der Waals surface area (Å²) in [6.07, 6.45) is 3.72. The number of aromatic nitrogens is 3. The summed E-state index contributed by atoms with van der Waals surface area (Å²) >= 11 is 5.86. The van der Waals surface area contributed by atoms with Crippen LogP contribution in [0.25, 0.3) is 0 Å². The largest absolute Gasteiger partial charge is 0.388 e. The van der Waals surface area contributed by atoms with Crippen molar-refractivity contribution >= 4 is 23.5 Å². The van der Waals surface area contributed by atoms with Crippen LogP contribution in [0.15, 0.2) is 0 Å². The van der Waals surface area contributed by atoms with Crippen LogP contribution in [0.2, 0.25) is 5.28 Å². The maximum Gasteiger partial charge on any atom is 0.228 e. The molecule has 0 saturated heterocycles. The summed E-state index contributed by atoms with van der Waals surface area (Å²) in [5.41, 5.74) is -0.677. The Morgan fingerprint density at radius 3 is 2.40 bits per heavy atom. The van der Waals surface area contributed by atoms with E-state index in [0.29, 0.717) is 30.9 Å². The standard InChI is InChI=1S/C13H22ClN5O/c1-3-15-11-17-10(14)18-12(19-11)16-8-13(20)6-4-9(2)5-7-13/h9,20H,3-8H2,1-2H3,(H2,15,16,17,18,19). The third-order valence-electron chi connectivity index (χ3n) is 3.72. The fraction of sp³-hybridized carbons (Fsp3) is 0.769. The SMILES string of the molecule is CCNc1nc(Cl)nc(NCC2(O)CCC(C)CC2)n1. The predicted molar refractivity (Wildman–Crippen MR) is 80.1 cm³/mol. The van der Waals surface area contributed by atoms with Gasteiger partial charge in [0.25, 0.3) is 0 Å². The topological polar surface area (TPSA) is 83.0 Å². The normalized spacial score (nSPS) is 26.3. The van der Waals surface area contributed by atoms with Gasteiger partial charge in [0, 0.05) is 13.1 Å². The van der Waals surface area contributed by atoms with Gasteiger partial charge in [-0.05, 0) is 50.1 Å². The van der Waals surface area contributed by atoms with E-state index in [9.17, 15) is 5.11 Å². The summed E-state index contributed by atoms with van der Waals surface area (Å²) < 4.78 is 0. The van der Waals surface area contributed by atoms with Gasteiger partial charge in [-0.2, -0.15) is 15.0 Å². The number of aliphatic hydroxyl groups is 1. The molecule has 1 aliphatic carbocycles. The second-order valence-electron chi connectivity index (χ2n) is 5.54. The van der Waals surface area contributed by atoms with Crippen LogP contribution in [0.5, 0.6) is 0 Å². The molecule has 6 nitrogen and oxygen atoms in total. The van der Waals surface area contributed by atoms with E-state index < -0.39 is 5.60 Å². The Morgan fingerprint density at radius 2 is 1.80 bits per heavy atom. The summed E-state index contributed by atoms with van der Waals surface area (Å²) in [6, 6.07) is 0. The van der Waals surface area contributed by atoms with Crippen LogP contribution in [0, 0.1) is 5.92 Å². The Morgan fingerprint density at radius 1 is 1.20 bits per heavy atom. The number of nitrogens with one attached hydrogen (secondary N) is 2.